The topological polar surface area (TPSA) is 32.3 Å². The molecule has 0 unspecified atom stereocenters. The van der Waals surface area contributed by atoms with Crippen molar-refractivity contribution in [1.29, 1.82) is 0 Å². The Bertz CT molecular complexity index is 328. The van der Waals surface area contributed by atoms with Gasteiger partial charge in [-0.3, -0.25) is 9.69 Å². The quantitative estimate of drug-likeness (QED) is 0.776. The van der Waals surface area contributed by atoms with Crippen LogP contribution in [0.2, 0.25) is 0 Å². The lowest BCUT2D eigenvalue weighted by Gasteiger charge is -2.20. The molecule has 0 bridgehead atoms. The van der Waals surface area contributed by atoms with Crippen molar-refractivity contribution in [2.45, 2.75) is 47.5 Å². The Kier molecular flexibility index (Phi) is 6.05. The Labute approximate surface area is 118 Å². The fourth-order valence-electron chi connectivity index (χ4n) is 2.49. The molecular formula is C16H30N2O. The van der Waals surface area contributed by atoms with Crippen molar-refractivity contribution in [3.05, 3.63) is 11.6 Å². The number of nitrogens with one attached hydrogen (secondary N) is 1. The zero-order valence-corrected chi connectivity index (χ0v) is 13.3. The van der Waals surface area contributed by atoms with Crippen LogP contribution in [-0.4, -0.2) is 37.0 Å². The van der Waals surface area contributed by atoms with Gasteiger partial charge in [-0.1, -0.05) is 39.3 Å². The third-order valence-corrected chi connectivity index (χ3v) is 3.63. The van der Waals surface area contributed by atoms with Gasteiger partial charge in [0.1, 0.15) is 0 Å². The molecule has 0 aromatic rings. The number of allylic oxidation sites excluding steroid dienone is 1. The zero-order valence-electron chi connectivity index (χ0n) is 13.3. The summed E-state index contributed by atoms with van der Waals surface area (Å²) < 4.78 is 0. The molecule has 3 nitrogen and oxygen atoms in total. The molecular weight excluding hydrogens is 236 g/mol. The predicted molar refractivity (Wildman–Crippen MR) is 81.1 cm³/mol. The van der Waals surface area contributed by atoms with E-state index in [-0.39, 0.29) is 11.3 Å². The van der Waals surface area contributed by atoms with Crippen LogP contribution < -0.4 is 5.32 Å². The molecule has 0 aromatic carbocycles. The van der Waals surface area contributed by atoms with E-state index < -0.39 is 0 Å². The van der Waals surface area contributed by atoms with E-state index in [4.69, 9.17) is 0 Å². The molecule has 1 saturated heterocycles. The summed E-state index contributed by atoms with van der Waals surface area (Å²) >= 11 is 0. The van der Waals surface area contributed by atoms with Gasteiger partial charge in [-0.15, -0.1) is 0 Å². The van der Waals surface area contributed by atoms with Crippen molar-refractivity contribution in [2.24, 2.45) is 11.3 Å². The summed E-state index contributed by atoms with van der Waals surface area (Å²) in [4.78, 5) is 14.3. The Morgan fingerprint density at radius 2 is 2.11 bits per heavy atom. The summed E-state index contributed by atoms with van der Waals surface area (Å²) in [6.07, 6.45) is 4.61. The van der Waals surface area contributed by atoms with Crippen molar-refractivity contribution in [3.63, 3.8) is 0 Å². The molecule has 1 heterocycles. The van der Waals surface area contributed by atoms with Gasteiger partial charge in [0.15, 0.2) is 0 Å². The average Bonchev–Trinajstić information content (AvgIpc) is 2.72. The minimum Gasteiger partial charge on any atom is -0.355 e. The second-order valence-corrected chi connectivity index (χ2v) is 6.81. The first-order chi connectivity index (χ1) is 8.82. The normalized spacial score (nSPS) is 21.7. The molecule has 1 fully saturated rings. The fraction of sp³-hybridized carbons (Fsp3) is 0.812. The Morgan fingerprint density at radius 1 is 1.42 bits per heavy atom. The van der Waals surface area contributed by atoms with E-state index in [1.54, 1.807) is 0 Å². The molecule has 0 aliphatic carbocycles. The van der Waals surface area contributed by atoms with Crippen molar-refractivity contribution in [1.82, 2.24) is 10.2 Å². The fourth-order valence-corrected chi connectivity index (χ4v) is 2.49. The van der Waals surface area contributed by atoms with Gasteiger partial charge < -0.3 is 5.32 Å². The van der Waals surface area contributed by atoms with Gasteiger partial charge >= 0.3 is 0 Å². The maximum atomic E-state index is 11.8. The highest BCUT2D eigenvalue weighted by atomic mass is 16.2. The molecule has 1 aliphatic heterocycles. The number of rotatable bonds is 5. The highest BCUT2D eigenvalue weighted by Crippen LogP contribution is 2.18. The molecule has 1 N–H and O–H groups in total. The Hall–Kier alpha value is -0.830. The minimum absolute atomic E-state index is 0.160. The van der Waals surface area contributed by atoms with Gasteiger partial charge in [-0.2, -0.15) is 0 Å². The molecule has 0 aromatic heterocycles. The molecule has 1 atom stereocenters. The van der Waals surface area contributed by atoms with Gasteiger partial charge in [0, 0.05) is 25.0 Å². The summed E-state index contributed by atoms with van der Waals surface area (Å²) in [5, 5.41) is 3.08. The molecule has 1 rings (SSSR count). The third-order valence-electron chi connectivity index (χ3n) is 3.63. The standard InChI is InChI=1S/C16H30N2O/c1-6-7-13(2)11-18-9-8-14(12-18)10-17-15(19)16(3,4)5/h7,14H,6,8-12H2,1-5H3,(H,17,19)/b13-7+/t14-/m0/s1. The highest BCUT2D eigenvalue weighted by molar-refractivity contribution is 5.81. The first-order valence-corrected chi connectivity index (χ1v) is 7.49. The predicted octanol–water partition coefficient (Wildman–Crippen LogP) is 2.83. The van der Waals surface area contributed by atoms with E-state index in [0.717, 1.165) is 32.6 Å². The van der Waals surface area contributed by atoms with Crippen LogP contribution in [0.15, 0.2) is 11.6 Å². The van der Waals surface area contributed by atoms with Crippen LogP contribution >= 0.6 is 0 Å². The maximum Gasteiger partial charge on any atom is 0.225 e. The number of hydrogen-bond donors (Lipinski definition) is 1. The van der Waals surface area contributed by atoms with Crippen LogP contribution in [0.4, 0.5) is 0 Å². The van der Waals surface area contributed by atoms with Crippen molar-refractivity contribution >= 4 is 5.91 Å². The van der Waals surface area contributed by atoms with E-state index >= 15 is 0 Å². The van der Waals surface area contributed by atoms with Gasteiger partial charge in [0.25, 0.3) is 0 Å². The van der Waals surface area contributed by atoms with Crippen LogP contribution in [0.25, 0.3) is 0 Å². The van der Waals surface area contributed by atoms with Crippen LogP contribution in [0.1, 0.15) is 47.5 Å². The van der Waals surface area contributed by atoms with Crippen molar-refractivity contribution in [2.75, 3.05) is 26.2 Å². The lowest BCUT2D eigenvalue weighted by molar-refractivity contribution is -0.128. The summed E-state index contributed by atoms with van der Waals surface area (Å²) in [6, 6.07) is 0. The number of amides is 1. The van der Waals surface area contributed by atoms with Gasteiger partial charge in [-0.05, 0) is 32.2 Å². The molecule has 0 saturated carbocycles. The van der Waals surface area contributed by atoms with Gasteiger partial charge in [0.2, 0.25) is 5.91 Å². The zero-order chi connectivity index (χ0) is 14.5. The van der Waals surface area contributed by atoms with Crippen molar-refractivity contribution in [3.8, 4) is 0 Å². The summed E-state index contributed by atoms with van der Waals surface area (Å²) in [7, 11) is 0. The molecule has 3 heteroatoms. The summed E-state index contributed by atoms with van der Waals surface area (Å²) in [5.74, 6) is 0.772. The average molecular weight is 266 g/mol. The number of nitrogens with zero attached hydrogens (tertiary/aromatic N) is 1. The number of hydrogen-bond acceptors (Lipinski definition) is 2. The molecule has 0 radical (unpaired) electrons. The highest BCUT2D eigenvalue weighted by Gasteiger charge is 2.25. The van der Waals surface area contributed by atoms with E-state index in [0.29, 0.717) is 5.92 Å². The van der Waals surface area contributed by atoms with E-state index in [1.165, 1.54) is 12.0 Å². The second-order valence-electron chi connectivity index (χ2n) is 6.81. The first-order valence-electron chi connectivity index (χ1n) is 7.49. The molecule has 1 amide bonds. The first kappa shape index (κ1) is 16.2. The number of carbonyl (C=O) groups excluding carboxylic acids is 1. The molecule has 110 valence electrons. The summed E-state index contributed by atoms with van der Waals surface area (Å²) in [5.41, 5.74) is 1.18. The molecule has 1 aliphatic rings. The molecule has 0 spiro atoms. The largest absolute Gasteiger partial charge is 0.355 e. The second kappa shape index (κ2) is 7.09. The van der Waals surface area contributed by atoms with Crippen LogP contribution in [0.3, 0.4) is 0 Å². The van der Waals surface area contributed by atoms with Crippen molar-refractivity contribution < 1.29 is 4.79 Å². The minimum atomic E-state index is -0.279. The van der Waals surface area contributed by atoms with Crippen LogP contribution in [-0.2, 0) is 4.79 Å². The Balaban J connectivity index is 2.29. The monoisotopic (exact) mass is 266 g/mol. The third kappa shape index (κ3) is 5.77. The van der Waals surface area contributed by atoms with E-state index in [2.05, 4.69) is 30.1 Å². The lowest BCUT2D eigenvalue weighted by Crippen LogP contribution is -2.38. The lowest BCUT2D eigenvalue weighted by atomic mass is 9.95. The maximum absolute atomic E-state index is 11.8. The van der Waals surface area contributed by atoms with Crippen LogP contribution in [0.5, 0.6) is 0 Å². The Morgan fingerprint density at radius 3 is 2.68 bits per heavy atom. The number of likely N-dealkylation sites (tertiary alicyclic amines) is 1. The summed E-state index contributed by atoms with van der Waals surface area (Å²) in [6.45, 7) is 14.4. The number of carbonyl (C=O) groups is 1. The van der Waals surface area contributed by atoms with Gasteiger partial charge in [0.05, 0.1) is 0 Å². The molecule has 19 heavy (non-hydrogen) atoms. The SMILES string of the molecule is CC/C=C(\C)CN1CC[C@@H](CNC(=O)C(C)(C)C)C1. The van der Waals surface area contributed by atoms with E-state index in [9.17, 15) is 4.79 Å². The van der Waals surface area contributed by atoms with Crippen LogP contribution in [0, 0.1) is 11.3 Å². The van der Waals surface area contributed by atoms with E-state index in [1.807, 2.05) is 20.8 Å². The van der Waals surface area contributed by atoms with Gasteiger partial charge in [-0.25, -0.2) is 0 Å². The smallest absolute Gasteiger partial charge is 0.225 e.